The number of rotatable bonds is 0. The van der Waals surface area contributed by atoms with Gasteiger partial charge in [-0.3, -0.25) is 0 Å². The van der Waals surface area contributed by atoms with Crippen LogP contribution < -0.4 is 0 Å². The lowest BCUT2D eigenvalue weighted by molar-refractivity contribution is 0.433. The average Bonchev–Trinajstić information content (AvgIpc) is 3.86. The Morgan fingerprint density at radius 2 is 0.742 bits per heavy atom. The van der Waals surface area contributed by atoms with Gasteiger partial charge in [0.25, 0.3) is 0 Å². The molecule has 5 aromatic carbocycles. The highest BCUT2D eigenvalue weighted by molar-refractivity contribution is 6.30. The second kappa shape index (κ2) is 11.8. The lowest BCUT2D eigenvalue weighted by Crippen LogP contribution is -2.24. The van der Waals surface area contributed by atoms with Crippen molar-refractivity contribution in [2.24, 2.45) is 0 Å². The van der Waals surface area contributed by atoms with Crippen molar-refractivity contribution in [1.29, 1.82) is 10.5 Å². The molecular weight excluding hydrogens is 753 g/mol. The van der Waals surface area contributed by atoms with Gasteiger partial charge in [0.2, 0.25) is 0 Å². The van der Waals surface area contributed by atoms with Crippen LogP contribution in [0.2, 0.25) is 0 Å². The van der Waals surface area contributed by atoms with E-state index >= 15 is 0 Å². The zero-order valence-electron chi connectivity index (χ0n) is 39.7. The van der Waals surface area contributed by atoms with E-state index in [2.05, 4.69) is 166 Å². The minimum absolute atomic E-state index is 0.0780. The minimum Gasteiger partial charge on any atom is -0.308 e. The van der Waals surface area contributed by atoms with Crippen LogP contribution in [0.25, 0.3) is 76.2 Å². The van der Waals surface area contributed by atoms with Crippen molar-refractivity contribution in [2.45, 2.75) is 168 Å². The van der Waals surface area contributed by atoms with Crippen LogP contribution in [0.3, 0.4) is 0 Å². The Bertz CT molecular complexity index is 3310. The van der Waals surface area contributed by atoms with Crippen LogP contribution in [-0.2, 0) is 32.5 Å². The number of hydrogen-bond acceptors (Lipinski definition) is 2. The fraction of sp³-hybridized carbons (Fsp3) is 0.448. The number of hydrogen-bond donors (Lipinski definition) is 0. The highest BCUT2D eigenvalue weighted by atomic mass is 14.9. The van der Waals surface area contributed by atoms with Gasteiger partial charge in [0.15, 0.2) is 0 Å². The van der Waals surface area contributed by atoms with Crippen LogP contribution in [0.1, 0.15) is 180 Å². The molecule has 4 nitrogen and oxygen atoms in total. The molecule has 9 aromatic rings. The zero-order valence-corrected chi connectivity index (χ0v) is 39.7. The van der Waals surface area contributed by atoms with Crippen LogP contribution >= 0.6 is 0 Å². The third-order valence-electron chi connectivity index (χ3n) is 16.4. The zero-order chi connectivity index (χ0) is 44.2. The molecule has 0 unspecified atom stereocenters. The molecule has 62 heavy (non-hydrogen) atoms. The van der Waals surface area contributed by atoms with Gasteiger partial charge in [0.1, 0.15) is 0 Å². The first-order chi connectivity index (χ1) is 28.9. The van der Waals surface area contributed by atoms with Crippen molar-refractivity contribution in [1.82, 2.24) is 8.80 Å². The Morgan fingerprint density at radius 3 is 1.06 bits per heavy atom. The molecule has 0 fully saturated rings. The van der Waals surface area contributed by atoms with Gasteiger partial charge in [0, 0.05) is 43.1 Å². The van der Waals surface area contributed by atoms with Gasteiger partial charge in [0.05, 0.1) is 56.4 Å². The molecule has 4 aromatic heterocycles. The lowest BCUT2D eigenvalue weighted by Gasteiger charge is -2.32. The Hall–Kier alpha value is -5.32. The van der Waals surface area contributed by atoms with E-state index in [9.17, 15) is 10.5 Å². The smallest absolute Gasteiger partial charge is 0.0995 e. The molecule has 0 amide bonds. The van der Waals surface area contributed by atoms with Crippen molar-refractivity contribution >= 4 is 76.2 Å². The molecule has 0 atom stereocenters. The van der Waals surface area contributed by atoms with Gasteiger partial charge >= 0.3 is 0 Å². The van der Waals surface area contributed by atoms with Crippen LogP contribution in [0.4, 0.5) is 0 Å². The highest BCUT2D eigenvalue weighted by Gasteiger charge is 2.42. The molecule has 0 aliphatic heterocycles. The molecule has 0 radical (unpaired) electrons. The third kappa shape index (κ3) is 4.94. The number of fused-ring (bicyclic) bond motifs is 16. The van der Waals surface area contributed by atoms with Crippen molar-refractivity contribution in [3.8, 4) is 12.1 Å². The van der Waals surface area contributed by atoms with Crippen LogP contribution in [0, 0.1) is 22.7 Å². The van der Waals surface area contributed by atoms with Gasteiger partial charge in [-0.15, -0.1) is 0 Å². The Morgan fingerprint density at radius 1 is 0.419 bits per heavy atom. The third-order valence-corrected chi connectivity index (χ3v) is 16.4. The summed E-state index contributed by atoms with van der Waals surface area (Å²) in [4.78, 5) is 0. The summed E-state index contributed by atoms with van der Waals surface area (Å²) in [6.45, 7) is 33.1. The molecule has 0 N–H and O–H groups in total. The van der Waals surface area contributed by atoms with E-state index < -0.39 is 0 Å². The molecular formula is C58H62N4. The quantitative estimate of drug-likeness (QED) is 0.143. The van der Waals surface area contributed by atoms with E-state index in [-0.39, 0.29) is 32.5 Å². The fourth-order valence-corrected chi connectivity index (χ4v) is 13.1. The van der Waals surface area contributed by atoms with E-state index in [1.807, 2.05) is 0 Å². The second-order valence-electron chi connectivity index (χ2n) is 24.5. The number of aromatic nitrogens is 2. The van der Waals surface area contributed by atoms with E-state index in [4.69, 9.17) is 0 Å². The van der Waals surface area contributed by atoms with Gasteiger partial charge in [-0.2, -0.15) is 10.5 Å². The number of benzene rings is 5. The molecule has 0 bridgehead atoms. The van der Waals surface area contributed by atoms with Gasteiger partial charge in [-0.1, -0.05) is 110 Å². The molecule has 11 rings (SSSR count). The first-order valence-corrected chi connectivity index (χ1v) is 23.3. The maximum atomic E-state index is 11.0. The van der Waals surface area contributed by atoms with Crippen molar-refractivity contribution in [3.63, 3.8) is 0 Å². The number of nitrogens with zero attached hydrogens (tertiary/aromatic N) is 4. The van der Waals surface area contributed by atoms with E-state index in [0.29, 0.717) is 0 Å². The summed E-state index contributed by atoms with van der Waals surface area (Å²) < 4.78 is 5.07. The molecule has 314 valence electrons. The minimum atomic E-state index is -0.113. The van der Waals surface area contributed by atoms with Crippen LogP contribution in [0.15, 0.2) is 48.5 Å². The van der Waals surface area contributed by atoms with Gasteiger partial charge in [-0.25, -0.2) is 0 Å². The Kier molecular flexibility index (Phi) is 7.53. The largest absolute Gasteiger partial charge is 0.308 e. The Labute approximate surface area is 367 Å². The Balaban J connectivity index is 1.40. The van der Waals surface area contributed by atoms with Gasteiger partial charge in [-0.05, 0) is 140 Å². The molecule has 0 spiro atoms. The summed E-state index contributed by atoms with van der Waals surface area (Å²) >= 11 is 0. The molecule has 2 aliphatic rings. The summed E-state index contributed by atoms with van der Waals surface area (Å²) in [6, 6.07) is 24.9. The maximum absolute atomic E-state index is 11.0. The lowest BCUT2D eigenvalue weighted by atomic mass is 9.71. The summed E-state index contributed by atoms with van der Waals surface area (Å²) in [7, 11) is 0. The van der Waals surface area contributed by atoms with Gasteiger partial charge < -0.3 is 8.80 Å². The van der Waals surface area contributed by atoms with Crippen molar-refractivity contribution < 1.29 is 0 Å². The van der Waals surface area contributed by atoms with E-state index in [0.717, 1.165) is 60.7 Å². The van der Waals surface area contributed by atoms with Crippen LogP contribution in [0.5, 0.6) is 0 Å². The summed E-state index contributed by atoms with van der Waals surface area (Å²) in [6.07, 6.45) is 6.60. The SMILES string of the molecule is CC(C)(C)c1cc2c3cc4c(cc3n3c5cc(C#N)c6c(c5c(c1)c23)C(C)(C)CCCC6(C)C)c1cc(C(C)(C)C)cc2c3c5c(c(C#N)cc3n4c12)C(C)(C)CCCC5(C)C. The monoisotopic (exact) mass is 814 g/mol. The molecule has 4 heterocycles. The average molecular weight is 815 g/mol. The van der Waals surface area contributed by atoms with Crippen molar-refractivity contribution in [3.05, 3.63) is 93.0 Å². The topological polar surface area (TPSA) is 56.4 Å². The van der Waals surface area contributed by atoms with E-state index in [1.165, 1.54) is 98.5 Å². The molecule has 0 saturated heterocycles. The summed E-state index contributed by atoms with van der Waals surface area (Å²) in [5, 5.41) is 32.3. The van der Waals surface area contributed by atoms with Crippen LogP contribution in [-0.4, -0.2) is 8.80 Å². The summed E-state index contributed by atoms with van der Waals surface area (Å²) in [5.41, 5.74) is 16.2. The predicted octanol–water partition coefficient (Wildman–Crippen LogP) is 15.8. The van der Waals surface area contributed by atoms with E-state index in [1.54, 1.807) is 0 Å². The predicted molar refractivity (Wildman–Crippen MR) is 262 cm³/mol. The fourth-order valence-electron chi connectivity index (χ4n) is 13.1. The second-order valence-corrected chi connectivity index (χ2v) is 24.5. The molecule has 2 aliphatic carbocycles. The van der Waals surface area contributed by atoms with Crippen molar-refractivity contribution in [2.75, 3.05) is 0 Å². The number of nitriles is 2. The first kappa shape index (κ1) is 39.5. The maximum Gasteiger partial charge on any atom is 0.0995 e. The molecule has 0 saturated carbocycles. The first-order valence-electron chi connectivity index (χ1n) is 23.3. The summed E-state index contributed by atoms with van der Waals surface area (Å²) in [5.74, 6) is 0. The standard InChI is InChI=1S/C58H62N4/c1-53(2,3)33-23-37-35-27-42-36(28-41(35)61-43-21-31(29-59)47-49(45(43)39(25-33)51(37)61)57(11,12)19-15-17-55(47,7)8)38-24-34(54(4,5)6)26-40-46-44(62(42)52(38)40)22-32(30-60)48-50(46)58(13,14)20-16-18-56(48,9)10/h21-28H,15-20H2,1-14H3. The highest BCUT2D eigenvalue weighted by Crippen LogP contribution is 2.55. The normalized spacial score (nSPS) is 18.9. The molecule has 4 heteroatoms.